The fourth-order valence-electron chi connectivity index (χ4n) is 11.9. The standard InChI is InChI=1S/C68H36N4S2/c1-70-62-57(40-21-7-3-8-22-40)52(38-69)63(58(41-23-9-4-10-24-41)65(62)71-53-31-17-29-46-42-25-11-12-26-43(42)47-30-18-32-54(71)61(47)60(46)53)72-64-49(36-35-48-44-27-13-15-33-55(44)73-67(48)64)59-50(39-19-5-2-6-20-39)37-51-45-28-14-16-34-56(45)74-68(51)66(59)72/h2-37H/i11D,12D,17D,18D,25D,26D,29D,30D,31D,32D. The minimum atomic E-state index is -0.616. The maximum Gasteiger partial charge on any atom is 0.220 e. The van der Waals surface area contributed by atoms with E-state index in [0.29, 0.717) is 22.4 Å². The van der Waals surface area contributed by atoms with Crippen LogP contribution in [-0.2, 0) is 0 Å². The maximum atomic E-state index is 12.5. The van der Waals surface area contributed by atoms with Gasteiger partial charge in [0.25, 0.3) is 0 Å². The molecule has 16 rings (SSSR count). The van der Waals surface area contributed by atoms with E-state index in [0.717, 1.165) is 73.3 Å². The molecule has 0 aliphatic rings. The number of nitrogens with zero attached hydrogens (tertiary/aromatic N) is 4. The molecule has 0 fully saturated rings. The zero-order valence-corrected chi connectivity index (χ0v) is 40.2. The van der Waals surface area contributed by atoms with Crippen molar-refractivity contribution < 1.29 is 13.7 Å². The summed E-state index contributed by atoms with van der Waals surface area (Å²) in [6.45, 7) is 9.54. The SMILES string of the molecule is [2H]c1c([2H])c([2H])c2c(c1[2H])c1c([2H])c([2H])c([2H])c3c1c1c2c([2H])c([2H])c([2H])c1n3-c1c([N+]#[C-])c(-c2ccccc2)c(C#N)c(-n2c3c(ccc4c5ccccc5sc43)c3c(-c4ccccc4)cc4c5ccccc5sc4c32)c1-c1ccccc1. The summed E-state index contributed by atoms with van der Waals surface area (Å²) in [7, 11) is 0. The minimum absolute atomic E-state index is 0.0657. The van der Waals surface area contributed by atoms with E-state index in [2.05, 4.69) is 70.1 Å². The van der Waals surface area contributed by atoms with E-state index in [-0.39, 0.29) is 65.9 Å². The fourth-order valence-corrected chi connectivity index (χ4v) is 14.3. The van der Waals surface area contributed by atoms with Crippen molar-refractivity contribution in [3.05, 3.63) is 235 Å². The summed E-state index contributed by atoms with van der Waals surface area (Å²) < 4.78 is 103. The lowest BCUT2D eigenvalue weighted by Crippen LogP contribution is -2.09. The number of thiophene rings is 2. The van der Waals surface area contributed by atoms with Gasteiger partial charge in [-0.25, -0.2) is 4.85 Å². The van der Waals surface area contributed by atoms with Crippen LogP contribution in [0.1, 0.15) is 19.3 Å². The van der Waals surface area contributed by atoms with E-state index in [1.165, 1.54) is 0 Å². The Balaban J connectivity index is 1.27. The van der Waals surface area contributed by atoms with Crippen molar-refractivity contribution >= 4 is 134 Å². The van der Waals surface area contributed by atoms with E-state index < -0.39 is 60.4 Å². The molecule has 0 bridgehead atoms. The third-order valence-electron chi connectivity index (χ3n) is 14.8. The van der Waals surface area contributed by atoms with Crippen molar-refractivity contribution in [2.24, 2.45) is 0 Å². The smallest absolute Gasteiger partial charge is 0.220 e. The Morgan fingerprint density at radius 3 is 1.55 bits per heavy atom. The first-order valence-corrected chi connectivity index (χ1v) is 25.6. The number of rotatable bonds is 5. The number of aromatic nitrogens is 2. The van der Waals surface area contributed by atoms with Crippen molar-refractivity contribution in [1.29, 1.82) is 5.26 Å². The molecule has 0 spiro atoms. The highest BCUT2D eigenvalue weighted by molar-refractivity contribution is 7.27. The number of hydrogen-bond acceptors (Lipinski definition) is 3. The monoisotopic (exact) mass is 982 g/mol. The Hall–Kier alpha value is -9.56. The first kappa shape index (κ1) is 32.4. The van der Waals surface area contributed by atoms with E-state index in [9.17, 15) is 22.8 Å². The quantitative estimate of drug-likeness (QED) is 0.125. The van der Waals surface area contributed by atoms with Crippen LogP contribution in [0.4, 0.5) is 5.69 Å². The van der Waals surface area contributed by atoms with Gasteiger partial charge in [0.2, 0.25) is 5.69 Å². The van der Waals surface area contributed by atoms with Crippen LogP contribution >= 0.6 is 22.7 Å². The first-order chi connectivity index (χ1) is 40.9. The lowest BCUT2D eigenvalue weighted by molar-refractivity contribution is 1.14. The van der Waals surface area contributed by atoms with Gasteiger partial charge in [0.05, 0.1) is 68.7 Å². The summed E-state index contributed by atoms with van der Waals surface area (Å²) in [5, 5.41) is 17.9. The van der Waals surface area contributed by atoms with Gasteiger partial charge in [0.15, 0.2) is 0 Å². The number of fused-ring (bicyclic) bond motifs is 14. The van der Waals surface area contributed by atoms with Crippen LogP contribution in [-0.4, -0.2) is 9.13 Å². The van der Waals surface area contributed by atoms with Crippen LogP contribution in [0.25, 0.3) is 155 Å². The number of hydrogen-bond donors (Lipinski definition) is 0. The zero-order chi connectivity index (χ0) is 57.5. The summed E-state index contributed by atoms with van der Waals surface area (Å²) in [4.78, 5) is 4.43. The highest BCUT2D eigenvalue weighted by atomic mass is 32.1. The summed E-state index contributed by atoms with van der Waals surface area (Å²) in [6, 6.07) is 49.1. The molecule has 0 amide bonds. The van der Waals surface area contributed by atoms with Gasteiger partial charge in [-0.1, -0.05) is 188 Å². The second kappa shape index (κ2) is 15.5. The van der Waals surface area contributed by atoms with Crippen LogP contribution in [0, 0.1) is 17.9 Å². The molecule has 4 aromatic heterocycles. The third-order valence-corrected chi connectivity index (χ3v) is 17.2. The molecule has 4 nitrogen and oxygen atoms in total. The Morgan fingerprint density at radius 2 is 0.959 bits per heavy atom. The van der Waals surface area contributed by atoms with Crippen LogP contribution in [0.3, 0.4) is 0 Å². The Bertz CT molecular complexity index is 5640. The minimum Gasteiger partial charge on any atom is -0.318 e. The molecular weight excluding hydrogens is 937 g/mol. The lowest BCUT2D eigenvalue weighted by Gasteiger charge is -2.26. The molecule has 0 N–H and O–H groups in total. The molecule has 74 heavy (non-hydrogen) atoms. The summed E-state index contributed by atoms with van der Waals surface area (Å²) in [5.41, 5.74) is 5.37. The largest absolute Gasteiger partial charge is 0.318 e. The van der Waals surface area contributed by atoms with Gasteiger partial charge in [-0.05, 0) is 74.1 Å². The van der Waals surface area contributed by atoms with Crippen LogP contribution < -0.4 is 0 Å². The molecular formula is C68H36N4S2. The molecule has 0 saturated heterocycles. The van der Waals surface area contributed by atoms with Gasteiger partial charge in [0, 0.05) is 63.6 Å². The highest BCUT2D eigenvalue weighted by Gasteiger charge is 2.34. The molecule has 16 aromatic rings. The zero-order valence-electron chi connectivity index (χ0n) is 48.6. The average Bonchev–Trinajstić information content (AvgIpc) is 1.79. The van der Waals surface area contributed by atoms with Crippen LogP contribution in [0.2, 0.25) is 0 Å². The second-order valence-electron chi connectivity index (χ2n) is 18.4. The predicted octanol–water partition coefficient (Wildman–Crippen LogP) is 19.8. The molecule has 0 radical (unpaired) electrons. The van der Waals surface area contributed by atoms with Gasteiger partial charge in [0.1, 0.15) is 6.07 Å². The molecule has 0 atom stereocenters. The van der Waals surface area contributed by atoms with Gasteiger partial charge in [-0.2, -0.15) is 5.26 Å². The van der Waals surface area contributed by atoms with E-state index >= 15 is 0 Å². The molecule has 340 valence electrons. The topological polar surface area (TPSA) is 38.0 Å². The van der Waals surface area contributed by atoms with Crippen molar-refractivity contribution in [3.63, 3.8) is 0 Å². The van der Waals surface area contributed by atoms with Crippen molar-refractivity contribution in [1.82, 2.24) is 9.13 Å². The van der Waals surface area contributed by atoms with Gasteiger partial charge in [-0.15, -0.1) is 22.7 Å². The summed E-state index contributed by atoms with van der Waals surface area (Å²) in [5.74, 6) is 0. The van der Waals surface area contributed by atoms with Gasteiger partial charge < -0.3 is 9.13 Å². The molecule has 6 heteroatoms. The van der Waals surface area contributed by atoms with Gasteiger partial charge >= 0.3 is 0 Å². The summed E-state index contributed by atoms with van der Waals surface area (Å²) in [6.07, 6.45) is 0. The Labute approximate surface area is 445 Å². The van der Waals surface area contributed by atoms with Crippen molar-refractivity contribution in [2.75, 3.05) is 0 Å². The molecule has 4 heterocycles. The maximum absolute atomic E-state index is 12.5. The van der Waals surface area contributed by atoms with E-state index in [1.807, 2.05) is 103 Å². The van der Waals surface area contributed by atoms with Crippen LogP contribution in [0.15, 0.2) is 218 Å². The molecule has 0 aliphatic carbocycles. The molecule has 12 aromatic carbocycles. The number of benzene rings is 12. The molecule has 0 saturated carbocycles. The average molecular weight is 983 g/mol. The second-order valence-corrected chi connectivity index (χ2v) is 20.5. The Morgan fingerprint density at radius 1 is 0.446 bits per heavy atom. The van der Waals surface area contributed by atoms with E-state index in [1.54, 1.807) is 27.2 Å². The van der Waals surface area contributed by atoms with Crippen LogP contribution in [0.5, 0.6) is 0 Å². The fraction of sp³-hybridized carbons (Fsp3) is 0. The van der Waals surface area contributed by atoms with Crippen molar-refractivity contribution in [3.8, 4) is 50.8 Å². The normalized spacial score (nSPS) is 13.9. The van der Waals surface area contributed by atoms with Crippen molar-refractivity contribution in [2.45, 2.75) is 0 Å². The highest BCUT2D eigenvalue weighted by Crippen LogP contribution is 2.56. The summed E-state index contributed by atoms with van der Waals surface area (Å²) >= 11 is 3.27. The molecule has 0 aliphatic heterocycles. The lowest BCUT2D eigenvalue weighted by atomic mass is 9.88. The van der Waals surface area contributed by atoms with Gasteiger partial charge in [-0.3, -0.25) is 0 Å². The first-order valence-electron chi connectivity index (χ1n) is 29.0. The third kappa shape index (κ3) is 5.43. The van der Waals surface area contributed by atoms with E-state index in [4.69, 9.17) is 2.74 Å². The molecule has 0 unspecified atom stereocenters. The predicted molar refractivity (Wildman–Crippen MR) is 314 cm³/mol. The Kier molecular flexibility index (Phi) is 6.78. The number of nitriles is 1.